The van der Waals surface area contributed by atoms with Gasteiger partial charge >= 0.3 is 0 Å². The monoisotopic (exact) mass is 298 g/mol. The molecule has 6 nitrogen and oxygen atoms in total. The molecule has 0 aliphatic heterocycles. The van der Waals surface area contributed by atoms with Crippen LogP contribution < -0.4 is 16.8 Å². The summed E-state index contributed by atoms with van der Waals surface area (Å²) in [4.78, 5) is 26.6. The van der Waals surface area contributed by atoms with Crippen molar-refractivity contribution >= 4 is 50.1 Å². The third-order valence-corrected chi connectivity index (χ3v) is 3.51. The Morgan fingerprint density at radius 3 is 2.89 bits per heavy atom. The Labute approximate surface area is 117 Å². The van der Waals surface area contributed by atoms with E-state index >= 15 is 0 Å². The molecule has 100 valence electrons. The molecule has 0 radical (unpaired) electrons. The number of halogens is 1. The van der Waals surface area contributed by atoms with Gasteiger partial charge < -0.3 is 16.8 Å². The first-order chi connectivity index (χ1) is 8.95. The summed E-state index contributed by atoms with van der Waals surface area (Å²) < 4.78 is 0.853. The summed E-state index contributed by atoms with van der Waals surface area (Å²) in [5.41, 5.74) is 11.2. The van der Waals surface area contributed by atoms with E-state index in [1.807, 2.05) is 0 Å². The standard InChI is InChI=1S/C11H11ClN4O2S/c12-5-1-2-7-8(3-5)19-11(15-7)16-10(18)6(13)4-9(14)17/h1-3,6H,4,13H2,(H2,14,17)(H,15,16,18). The summed E-state index contributed by atoms with van der Waals surface area (Å²) in [7, 11) is 0. The van der Waals surface area contributed by atoms with Gasteiger partial charge in [0.25, 0.3) is 0 Å². The van der Waals surface area contributed by atoms with Crippen LogP contribution in [0.4, 0.5) is 5.13 Å². The van der Waals surface area contributed by atoms with Gasteiger partial charge in [0.05, 0.1) is 22.7 Å². The number of hydrogen-bond acceptors (Lipinski definition) is 5. The first kappa shape index (κ1) is 13.7. The molecule has 1 aromatic heterocycles. The molecular weight excluding hydrogens is 288 g/mol. The number of thiazole rings is 1. The first-order valence-corrected chi connectivity index (χ1v) is 6.56. The quantitative estimate of drug-likeness (QED) is 0.784. The van der Waals surface area contributed by atoms with Gasteiger partial charge in [-0.25, -0.2) is 4.98 Å². The number of benzene rings is 1. The van der Waals surface area contributed by atoms with Crippen molar-refractivity contribution < 1.29 is 9.59 Å². The van der Waals surface area contributed by atoms with Crippen LogP contribution in [-0.2, 0) is 9.59 Å². The highest BCUT2D eigenvalue weighted by Crippen LogP contribution is 2.28. The fraction of sp³-hybridized carbons (Fsp3) is 0.182. The Bertz CT molecular complexity index is 643. The van der Waals surface area contributed by atoms with Gasteiger partial charge in [-0.1, -0.05) is 22.9 Å². The largest absolute Gasteiger partial charge is 0.370 e. The highest BCUT2D eigenvalue weighted by atomic mass is 35.5. The number of nitrogens with zero attached hydrogens (tertiary/aromatic N) is 1. The number of carbonyl (C=O) groups is 2. The Kier molecular flexibility index (Phi) is 3.98. The topological polar surface area (TPSA) is 111 Å². The maximum Gasteiger partial charge on any atom is 0.243 e. The molecule has 1 unspecified atom stereocenters. The van der Waals surface area contributed by atoms with E-state index in [0.29, 0.717) is 10.2 Å². The lowest BCUT2D eigenvalue weighted by molar-refractivity contribution is -0.123. The van der Waals surface area contributed by atoms with Crippen molar-refractivity contribution in [3.8, 4) is 0 Å². The molecule has 0 aliphatic rings. The zero-order valence-electron chi connectivity index (χ0n) is 9.72. The molecule has 2 rings (SSSR count). The molecule has 0 fully saturated rings. The van der Waals surface area contributed by atoms with Crippen LogP contribution in [-0.4, -0.2) is 22.8 Å². The van der Waals surface area contributed by atoms with Gasteiger partial charge in [-0.2, -0.15) is 0 Å². The number of amides is 2. The number of anilines is 1. The fourth-order valence-corrected chi connectivity index (χ4v) is 2.60. The van der Waals surface area contributed by atoms with Crippen molar-refractivity contribution in [3.63, 3.8) is 0 Å². The minimum Gasteiger partial charge on any atom is -0.370 e. The minimum absolute atomic E-state index is 0.206. The van der Waals surface area contributed by atoms with Crippen molar-refractivity contribution in [1.29, 1.82) is 0 Å². The molecule has 1 heterocycles. The molecule has 2 amide bonds. The second-order valence-electron chi connectivity index (χ2n) is 3.90. The molecule has 1 atom stereocenters. The van der Waals surface area contributed by atoms with E-state index in [9.17, 15) is 9.59 Å². The van der Waals surface area contributed by atoms with Gasteiger partial charge in [0.1, 0.15) is 0 Å². The predicted molar refractivity (Wildman–Crippen MR) is 75.0 cm³/mol. The number of primary amides is 1. The van der Waals surface area contributed by atoms with Crippen molar-refractivity contribution in [2.45, 2.75) is 12.5 Å². The van der Waals surface area contributed by atoms with Crippen molar-refractivity contribution in [3.05, 3.63) is 23.2 Å². The zero-order chi connectivity index (χ0) is 14.0. The first-order valence-electron chi connectivity index (χ1n) is 5.36. The summed E-state index contributed by atoms with van der Waals surface area (Å²) >= 11 is 7.14. The number of rotatable bonds is 4. The molecule has 8 heteroatoms. The van der Waals surface area contributed by atoms with Gasteiger partial charge in [0.2, 0.25) is 11.8 Å². The molecular formula is C11H11ClN4O2S. The lowest BCUT2D eigenvalue weighted by Gasteiger charge is -2.07. The van der Waals surface area contributed by atoms with Crippen molar-refractivity contribution in [1.82, 2.24) is 4.98 Å². The van der Waals surface area contributed by atoms with Gasteiger partial charge in [-0.05, 0) is 18.2 Å². The zero-order valence-corrected chi connectivity index (χ0v) is 11.3. The SMILES string of the molecule is NC(=O)CC(N)C(=O)Nc1nc2ccc(Cl)cc2s1. The van der Waals surface area contributed by atoms with E-state index in [4.69, 9.17) is 23.1 Å². The van der Waals surface area contributed by atoms with Gasteiger partial charge in [-0.15, -0.1) is 0 Å². The van der Waals surface area contributed by atoms with Crippen molar-refractivity contribution in [2.75, 3.05) is 5.32 Å². The van der Waals surface area contributed by atoms with Crippen LogP contribution in [0.15, 0.2) is 18.2 Å². The van der Waals surface area contributed by atoms with Crippen LogP contribution >= 0.6 is 22.9 Å². The van der Waals surface area contributed by atoms with Crippen LogP contribution in [0.1, 0.15) is 6.42 Å². The Balaban J connectivity index is 2.12. The van der Waals surface area contributed by atoms with E-state index in [1.54, 1.807) is 18.2 Å². The maximum absolute atomic E-state index is 11.7. The second-order valence-corrected chi connectivity index (χ2v) is 5.36. The summed E-state index contributed by atoms with van der Waals surface area (Å²) in [6.07, 6.45) is -0.206. The van der Waals surface area contributed by atoms with Crippen LogP contribution in [0.3, 0.4) is 0 Å². The maximum atomic E-state index is 11.7. The van der Waals surface area contributed by atoms with E-state index < -0.39 is 17.9 Å². The second kappa shape index (κ2) is 5.52. The average Bonchev–Trinajstić information content (AvgIpc) is 2.69. The Hall–Kier alpha value is -1.70. The van der Waals surface area contributed by atoms with Crippen LogP contribution in [0.2, 0.25) is 5.02 Å². The summed E-state index contributed by atoms with van der Waals surface area (Å²) in [5.74, 6) is -1.12. The third kappa shape index (κ3) is 3.40. The smallest absolute Gasteiger partial charge is 0.243 e. The van der Waals surface area contributed by atoms with Gasteiger partial charge in [0, 0.05) is 5.02 Å². The molecule has 1 aromatic carbocycles. The summed E-state index contributed by atoms with van der Waals surface area (Å²) in [6.45, 7) is 0. The number of nitrogens with one attached hydrogen (secondary N) is 1. The lowest BCUT2D eigenvalue weighted by Crippen LogP contribution is -2.38. The van der Waals surface area contributed by atoms with Crippen LogP contribution in [0.5, 0.6) is 0 Å². The molecule has 0 spiro atoms. The number of nitrogens with two attached hydrogens (primary N) is 2. The van der Waals surface area contributed by atoms with E-state index in [-0.39, 0.29) is 6.42 Å². The lowest BCUT2D eigenvalue weighted by atomic mass is 10.2. The fourth-order valence-electron chi connectivity index (χ4n) is 1.46. The molecule has 0 saturated carbocycles. The van der Waals surface area contributed by atoms with Gasteiger partial charge in [-0.3, -0.25) is 9.59 Å². The Morgan fingerprint density at radius 1 is 1.47 bits per heavy atom. The van der Waals surface area contributed by atoms with Gasteiger partial charge in [0.15, 0.2) is 5.13 Å². The van der Waals surface area contributed by atoms with Crippen LogP contribution in [0.25, 0.3) is 10.2 Å². The van der Waals surface area contributed by atoms with Crippen molar-refractivity contribution in [2.24, 2.45) is 11.5 Å². The molecule has 0 aliphatic carbocycles. The normalized spacial score (nSPS) is 12.3. The number of fused-ring (bicyclic) bond motifs is 1. The molecule has 0 saturated heterocycles. The number of aromatic nitrogens is 1. The number of carbonyl (C=O) groups excluding carboxylic acids is 2. The molecule has 19 heavy (non-hydrogen) atoms. The van der Waals surface area contributed by atoms with Crippen LogP contribution in [0, 0.1) is 0 Å². The Morgan fingerprint density at radius 2 is 2.21 bits per heavy atom. The highest BCUT2D eigenvalue weighted by Gasteiger charge is 2.17. The predicted octanol–water partition coefficient (Wildman–Crippen LogP) is 1.09. The van der Waals surface area contributed by atoms with E-state index in [0.717, 1.165) is 10.2 Å². The summed E-state index contributed by atoms with van der Waals surface area (Å²) in [6, 6.07) is 4.25. The molecule has 2 aromatic rings. The minimum atomic E-state index is -0.979. The molecule has 0 bridgehead atoms. The van der Waals surface area contributed by atoms with E-state index in [1.165, 1.54) is 11.3 Å². The average molecular weight is 299 g/mol. The third-order valence-electron chi connectivity index (χ3n) is 2.34. The number of hydrogen-bond donors (Lipinski definition) is 3. The molecule has 5 N–H and O–H groups in total. The highest BCUT2D eigenvalue weighted by molar-refractivity contribution is 7.22. The summed E-state index contributed by atoms with van der Waals surface area (Å²) in [5, 5.41) is 3.55. The van der Waals surface area contributed by atoms with E-state index in [2.05, 4.69) is 10.3 Å².